The van der Waals surface area contributed by atoms with Gasteiger partial charge in [-0.15, -0.1) is 24.0 Å². The minimum Gasteiger partial charge on any atom is -0.381 e. The molecule has 1 aliphatic heterocycles. The van der Waals surface area contributed by atoms with Gasteiger partial charge in [0.2, 0.25) is 5.91 Å². The van der Waals surface area contributed by atoms with Gasteiger partial charge in [-0.05, 0) is 32.1 Å². The van der Waals surface area contributed by atoms with Crippen molar-refractivity contribution in [1.29, 1.82) is 0 Å². The molecule has 0 aromatic carbocycles. The number of aliphatic imine (C=N–C) groups is 1. The second-order valence-corrected chi connectivity index (χ2v) is 6.29. The first-order valence-electron chi connectivity index (χ1n) is 9.54. The maximum atomic E-state index is 11.9. The SMILES string of the molecule is CCCCOCCCNC(=NC)NCCC(CC)N1CCCC1=O.I. The van der Waals surface area contributed by atoms with E-state index in [-0.39, 0.29) is 24.0 Å². The number of likely N-dealkylation sites (tertiary alicyclic amines) is 1. The Bertz CT molecular complexity index is 380. The van der Waals surface area contributed by atoms with Crippen LogP contribution in [0.15, 0.2) is 4.99 Å². The lowest BCUT2D eigenvalue weighted by atomic mass is 10.1. The lowest BCUT2D eigenvalue weighted by Crippen LogP contribution is -2.42. The van der Waals surface area contributed by atoms with Crippen molar-refractivity contribution >= 4 is 35.8 Å². The fourth-order valence-electron chi connectivity index (χ4n) is 2.94. The van der Waals surface area contributed by atoms with Gasteiger partial charge in [0.25, 0.3) is 0 Å². The van der Waals surface area contributed by atoms with Gasteiger partial charge in [0.05, 0.1) is 0 Å². The molecule has 25 heavy (non-hydrogen) atoms. The van der Waals surface area contributed by atoms with E-state index in [1.54, 1.807) is 7.05 Å². The number of nitrogens with one attached hydrogen (secondary N) is 2. The van der Waals surface area contributed by atoms with Crippen LogP contribution in [-0.4, -0.2) is 62.7 Å². The van der Waals surface area contributed by atoms with Crippen LogP contribution >= 0.6 is 24.0 Å². The van der Waals surface area contributed by atoms with Gasteiger partial charge in [0.1, 0.15) is 0 Å². The Balaban J connectivity index is 0.00000576. The predicted octanol–water partition coefficient (Wildman–Crippen LogP) is 2.77. The van der Waals surface area contributed by atoms with E-state index in [0.29, 0.717) is 18.4 Å². The molecular weight excluding hydrogens is 431 g/mol. The van der Waals surface area contributed by atoms with Crippen LogP contribution in [-0.2, 0) is 9.53 Å². The van der Waals surface area contributed by atoms with Gasteiger partial charge >= 0.3 is 0 Å². The van der Waals surface area contributed by atoms with E-state index in [1.807, 2.05) is 4.90 Å². The van der Waals surface area contributed by atoms with E-state index in [2.05, 4.69) is 29.5 Å². The maximum absolute atomic E-state index is 11.9. The van der Waals surface area contributed by atoms with Gasteiger partial charge in [-0.3, -0.25) is 9.79 Å². The van der Waals surface area contributed by atoms with Crippen molar-refractivity contribution in [3.8, 4) is 0 Å². The molecule has 1 unspecified atom stereocenters. The Labute approximate surface area is 170 Å². The van der Waals surface area contributed by atoms with Crippen LogP contribution in [0, 0.1) is 0 Å². The number of rotatable bonds is 12. The number of hydrogen-bond donors (Lipinski definition) is 2. The third-order valence-corrected chi connectivity index (χ3v) is 4.42. The highest BCUT2D eigenvalue weighted by Crippen LogP contribution is 2.17. The quantitative estimate of drug-likeness (QED) is 0.200. The van der Waals surface area contributed by atoms with Crippen molar-refractivity contribution in [3.05, 3.63) is 0 Å². The van der Waals surface area contributed by atoms with Gasteiger partial charge in [-0.25, -0.2) is 0 Å². The van der Waals surface area contributed by atoms with Crippen molar-refractivity contribution in [2.24, 2.45) is 4.99 Å². The number of unbranched alkanes of at least 4 members (excludes halogenated alkanes) is 1. The van der Waals surface area contributed by atoms with Crippen molar-refractivity contribution in [1.82, 2.24) is 15.5 Å². The first kappa shape index (κ1) is 24.4. The van der Waals surface area contributed by atoms with Crippen LogP contribution in [0.5, 0.6) is 0 Å². The molecule has 0 saturated carbocycles. The summed E-state index contributed by atoms with van der Waals surface area (Å²) in [4.78, 5) is 18.1. The standard InChI is InChI=1S/C18H36N4O2.HI/c1-4-6-14-24-15-8-11-20-18(19-3)21-12-10-16(5-2)22-13-7-9-17(22)23;/h16H,4-15H2,1-3H3,(H2,19,20,21);1H. The topological polar surface area (TPSA) is 66.0 Å². The van der Waals surface area contributed by atoms with E-state index in [9.17, 15) is 4.79 Å². The molecule has 2 N–H and O–H groups in total. The van der Waals surface area contributed by atoms with E-state index >= 15 is 0 Å². The molecule has 0 aromatic rings. The number of halogens is 1. The molecule has 1 fully saturated rings. The van der Waals surface area contributed by atoms with Crippen LogP contribution < -0.4 is 10.6 Å². The minimum absolute atomic E-state index is 0. The zero-order valence-corrected chi connectivity index (χ0v) is 18.5. The summed E-state index contributed by atoms with van der Waals surface area (Å²) in [5.41, 5.74) is 0. The molecule has 148 valence electrons. The zero-order valence-electron chi connectivity index (χ0n) is 16.2. The van der Waals surface area contributed by atoms with Crippen molar-refractivity contribution < 1.29 is 9.53 Å². The maximum Gasteiger partial charge on any atom is 0.222 e. The van der Waals surface area contributed by atoms with Gasteiger partial charge in [0.15, 0.2) is 5.96 Å². The molecule has 1 saturated heterocycles. The van der Waals surface area contributed by atoms with Gasteiger partial charge < -0.3 is 20.3 Å². The largest absolute Gasteiger partial charge is 0.381 e. The first-order chi connectivity index (χ1) is 11.7. The molecule has 1 atom stereocenters. The Morgan fingerprint density at radius 1 is 1.24 bits per heavy atom. The summed E-state index contributed by atoms with van der Waals surface area (Å²) in [5, 5.41) is 6.65. The Morgan fingerprint density at radius 3 is 2.56 bits per heavy atom. The highest BCUT2D eigenvalue weighted by atomic mass is 127. The predicted molar refractivity (Wildman–Crippen MR) is 115 cm³/mol. The van der Waals surface area contributed by atoms with Gasteiger partial charge in [0, 0.05) is 52.4 Å². The molecule has 0 spiro atoms. The molecule has 1 rings (SSSR count). The highest BCUT2D eigenvalue weighted by Gasteiger charge is 2.26. The normalized spacial score (nSPS) is 15.9. The van der Waals surface area contributed by atoms with Crippen molar-refractivity contribution in [2.45, 2.75) is 64.8 Å². The van der Waals surface area contributed by atoms with Crippen molar-refractivity contribution in [3.63, 3.8) is 0 Å². The second-order valence-electron chi connectivity index (χ2n) is 6.29. The Kier molecular flexibility index (Phi) is 15.3. The lowest BCUT2D eigenvalue weighted by Gasteiger charge is -2.27. The molecule has 1 amide bonds. The number of amides is 1. The van der Waals surface area contributed by atoms with Crippen LogP contribution in [0.25, 0.3) is 0 Å². The summed E-state index contributed by atoms with van der Waals surface area (Å²) in [7, 11) is 1.79. The van der Waals surface area contributed by atoms with E-state index in [4.69, 9.17) is 4.74 Å². The fourth-order valence-corrected chi connectivity index (χ4v) is 2.94. The Hall–Kier alpha value is -0.570. The van der Waals surface area contributed by atoms with Crippen molar-refractivity contribution in [2.75, 3.05) is 39.9 Å². The van der Waals surface area contributed by atoms with Crippen LogP contribution in [0.1, 0.15) is 58.8 Å². The molecule has 0 aliphatic carbocycles. The average molecular weight is 468 g/mol. The molecule has 6 nitrogen and oxygen atoms in total. The number of hydrogen-bond acceptors (Lipinski definition) is 3. The molecule has 0 bridgehead atoms. The number of nitrogens with zero attached hydrogens (tertiary/aromatic N) is 2. The third kappa shape index (κ3) is 10.2. The van der Waals surface area contributed by atoms with Crippen LogP contribution in [0.4, 0.5) is 0 Å². The van der Waals surface area contributed by atoms with Crippen LogP contribution in [0.2, 0.25) is 0 Å². The van der Waals surface area contributed by atoms with E-state index < -0.39 is 0 Å². The van der Waals surface area contributed by atoms with E-state index in [1.165, 1.54) is 6.42 Å². The lowest BCUT2D eigenvalue weighted by molar-refractivity contribution is -0.129. The highest BCUT2D eigenvalue weighted by molar-refractivity contribution is 14.0. The van der Waals surface area contributed by atoms with Gasteiger partial charge in [-0.2, -0.15) is 0 Å². The molecular formula is C18H37IN4O2. The summed E-state index contributed by atoms with van der Waals surface area (Å²) >= 11 is 0. The summed E-state index contributed by atoms with van der Waals surface area (Å²) < 4.78 is 5.55. The van der Waals surface area contributed by atoms with Crippen LogP contribution in [0.3, 0.4) is 0 Å². The molecule has 1 aliphatic rings. The average Bonchev–Trinajstić information content (AvgIpc) is 3.02. The molecule has 0 radical (unpaired) electrons. The first-order valence-corrected chi connectivity index (χ1v) is 9.54. The number of ether oxygens (including phenoxy) is 1. The fraction of sp³-hybridized carbons (Fsp3) is 0.889. The molecule has 1 heterocycles. The summed E-state index contributed by atoms with van der Waals surface area (Å²) in [6, 6.07) is 0.345. The third-order valence-electron chi connectivity index (χ3n) is 4.42. The smallest absolute Gasteiger partial charge is 0.222 e. The molecule has 7 heteroatoms. The Morgan fingerprint density at radius 2 is 1.96 bits per heavy atom. The van der Waals surface area contributed by atoms with Gasteiger partial charge in [-0.1, -0.05) is 20.3 Å². The monoisotopic (exact) mass is 468 g/mol. The zero-order chi connectivity index (χ0) is 17.6. The van der Waals surface area contributed by atoms with E-state index in [0.717, 1.165) is 70.9 Å². The summed E-state index contributed by atoms with van der Waals surface area (Å²) in [6.07, 6.45) is 6.98. The second kappa shape index (κ2) is 15.7. The summed E-state index contributed by atoms with van der Waals surface area (Å²) in [5.74, 6) is 1.14. The molecule has 0 aromatic heterocycles. The number of carbonyl (C=O) groups excluding carboxylic acids is 1. The minimum atomic E-state index is 0. The number of carbonyl (C=O) groups is 1. The summed E-state index contributed by atoms with van der Waals surface area (Å²) in [6.45, 7) is 8.58. The number of guanidine groups is 1.